The van der Waals surface area contributed by atoms with E-state index in [1.54, 1.807) is 0 Å². The Morgan fingerprint density at radius 1 is 1.00 bits per heavy atom. The van der Waals surface area contributed by atoms with Gasteiger partial charge in [-0.2, -0.15) is 0 Å². The molecule has 0 aliphatic heterocycles. The van der Waals surface area contributed by atoms with Crippen LogP contribution in [-0.2, 0) is 0 Å². The molecule has 1 saturated carbocycles. The van der Waals surface area contributed by atoms with Crippen molar-refractivity contribution in [1.29, 1.82) is 0 Å². The molecule has 0 amide bonds. The maximum Gasteiger partial charge on any atom is -0.0228 e. The van der Waals surface area contributed by atoms with Crippen molar-refractivity contribution in [3.8, 4) is 0 Å². The fourth-order valence-electron chi connectivity index (χ4n) is 1.62. The first-order valence-corrected chi connectivity index (χ1v) is 5.36. The predicted molar refractivity (Wildman–Crippen MR) is 50.1 cm³/mol. The standard InChI is InChI=1S/C7H16P2/c8-5-7(6-9)3-1-2-4-7/h1-6,8-9H2. The summed E-state index contributed by atoms with van der Waals surface area (Å²) >= 11 is 0. The summed E-state index contributed by atoms with van der Waals surface area (Å²) in [5.74, 6) is 0. The Bertz CT molecular complexity index is 78.9. The van der Waals surface area contributed by atoms with Crippen LogP contribution in [0.4, 0.5) is 0 Å². The van der Waals surface area contributed by atoms with Crippen molar-refractivity contribution in [2.45, 2.75) is 25.7 Å². The van der Waals surface area contributed by atoms with E-state index in [0.29, 0.717) is 5.41 Å². The smallest absolute Gasteiger partial charge is 0.0228 e. The van der Waals surface area contributed by atoms with Gasteiger partial charge in [0, 0.05) is 0 Å². The molecule has 1 aliphatic rings. The Morgan fingerprint density at radius 3 is 1.67 bits per heavy atom. The van der Waals surface area contributed by atoms with E-state index in [0.717, 1.165) is 0 Å². The van der Waals surface area contributed by atoms with Gasteiger partial charge in [-0.05, 0) is 30.6 Å². The lowest BCUT2D eigenvalue weighted by Crippen LogP contribution is -2.19. The van der Waals surface area contributed by atoms with Crippen molar-refractivity contribution in [1.82, 2.24) is 0 Å². The zero-order valence-corrected chi connectivity index (χ0v) is 8.21. The quantitative estimate of drug-likeness (QED) is 0.546. The van der Waals surface area contributed by atoms with E-state index in [4.69, 9.17) is 0 Å². The maximum atomic E-state index is 2.88. The zero-order valence-electron chi connectivity index (χ0n) is 5.90. The third-order valence-electron chi connectivity index (χ3n) is 2.53. The van der Waals surface area contributed by atoms with Gasteiger partial charge in [-0.3, -0.25) is 0 Å². The molecule has 2 unspecified atom stereocenters. The average molecular weight is 162 g/mol. The lowest BCUT2D eigenvalue weighted by Gasteiger charge is -2.24. The maximum absolute atomic E-state index is 2.88. The molecule has 0 saturated heterocycles. The molecule has 0 bridgehead atoms. The number of rotatable bonds is 2. The summed E-state index contributed by atoms with van der Waals surface area (Å²) in [4.78, 5) is 0. The highest BCUT2D eigenvalue weighted by atomic mass is 31.0. The first kappa shape index (κ1) is 7.96. The molecule has 9 heavy (non-hydrogen) atoms. The SMILES string of the molecule is PCC1(CP)CCCC1. The molecule has 1 fully saturated rings. The molecule has 2 atom stereocenters. The minimum Gasteiger partial charge on any atom is -0.137 e. The predicted octanol–water partition coefficient (Wildman–Crippen LogP) is 2.30. The second-order valence-corrected chi connectivity index (χ2v) is 3.93. The molecule has 0 N–H and O–H groups in total. The molecule has 1 rings (SSSR count). The molecule has 0 aromatic rings. The second-order valence-electron chi connectivity index (χ2n) is 3.12. The highest BCUT2D eigenvalue weighted by Crippen LogP contribution is 2.40. The van der Waals surface area contributed by atoms with Gasteiger partial charge in [-0.1, -0.05) is 12.8 Å². The molecule has 54 valence electrons. The monoisotopic (exact) mass is 162 g/mol. The lowest BCUT2D eigenvalue weighted by molar-refractivity contribution is 0.402. The molecule has 2 heteroatoms. The van der Waals surface area contributed by atoms with Crippen molar-refractivity contribution in [3.63, 3.8) is 0 Å². The van der Waals surface area contributed by atoms with Crippen molar-refractivity contribution >= 4 is 18.5 Å². The summed E-state index contributed by atoms with van der Waals surface area (Å²) < 4.78 is 0. The van der Waals surface area contributed by atoms with Crippen molar-refractivity contribution in [2.24, 2.45) is 5.41 Å². The van der Waals surface area contributed by atoms with Crippen LogP contribution in [-0.4, -0.2) is 12.3 Å². The summed E-state index contributed by atoms with van der Waals surface area (Å²) in [6, 6.07) is 0. The second kappa shape index (κ2) is 3.31. The molecule has 0 spiro atoms. The van der Waals surface area contributed by atoms with Gasteiger partial charge in [0.15, 0.2) is 0 Å². The number of hydrogen-bond donors (Lipinski definition) is 0. The van der Waals surface area contributed by atoms with Crippen LogP contribution in [0.15, 0.2) is 0 Å². The third kappa shape index (κ3) is 1.66. The van der Waals surface area contributed by atoms with E-state index >= 15 is 0 Å². The van der Waals surface area contributed by atoms with Crippen molar-refractivity contribution in [2.75, 3.05) is 12.3 Å². The van der Waals surface area contributed by atoms with E-state index in [-0.39, 0.29) is 0 Å². The van der Waals surface area contributed by atoms with Crippen LogP contribution in [0.5, 0.6) is 0 Å². The Labute approximate surface area is 62.6 Å². The van der Waals surface area contributed by atoms with Crippen LogP contribution in [0, 0.1) is 5.41 Å². The van der Waals surface area contributed by atoms with Gasteiger partial charge in [-0.15, -0.1) is 18.5 Å². The van der Waals surface area contributed by atoms with Gasteiger partial charge < -0.3 is 0 Å². The van der Waals surface area contributed by atoms with Gasteiger partial charge >= 0.3 is 0 Å². The van der Waals surface area contributed by atoms with Gasteiger partial charge in [0.1, 0.15) is 0 Å². The summed E-state index contributed by atoms with van der Waals surface area (Å²) in [7, 11) is 5.77. The van der Waals surface area contributed by atoms with Crippen molar-refractivity contribution in [3.05, 3.63) is 0 Å². The van der Waals surface area contributed by atoms with Gasteiger partial charge in [-0.25, -0.2) is 0 Å². The van der Waals surface area contributed by atoms with Crippen LogP contribution in [0.2, 0.25) is 0 Å². The largest absolute Gasteiger partial charge is 0.137 e. The molecule has 0 aromatic carbocycles. The molecular formula is C7H16P2. The Morgan fingerprint density at radius 2 is 1.44 bits per heavy atom. The Hall–Kier alpha value is 0.860. The first-order valence-electron chi connectivity index (χ1n) is 3.73. The number of hydrogen-bond acceptors (Lipinski definition) is 0. The van der Waals surface area contributed by atoms with E-state index in [1.807, 2.05) is 0 Å². The molecular weight excluding hydrogens is 146 g/mol. The van der Waals surface area contributed by atoms with E-state index in [2.05, 4.69) is 18.5 Å². The van der Waals surface area contributed by atoms with Gasteiger partial charge in [0.25, 0.3) is 0 Å². The zero-order chi connectivity index (χ0) is 6.74. The first-order chi connectivity index (χ1) is 4.33. The topological polar surface area (TPSA) is 0 Å². The Balaban J connectivity index is 2.45. The van der Waals surface area contributed by atoms with Crippen LogP contribution >= 0.6 is 18.5 Å². The highest BCUT2D eigenvalue weighted by Gasteiger charge is 2.29. The molecule has 0 nitrogen and oxygen atoms in total. The summed E-state index contributed by atoms with van der Waals surface area (Å²) in [5.41, 5.74) is 0.704. The molecule has 0 heterocycles. The average Bonchev–Trinajstić information content (AvgIpc) is 2.36. The Kier molecular flexibility index (Phi) is 2.93. The van der Waals surface area contributed by atoms with Crippen LogP contribution in [0.25, 0.3) is 0 Å². The lowest BCUT2D eigenvalue weighted by atomic mass is 9.91. The van der Waals surface area contributed by atoms with Gasteiger partial charge in [0.05, 0.1) is 0 Å². The normalized spacial score (nSPS) is 24.7. The van der Waals surface area contributed by atoms with E-state index in [1.165, 1.54) is 38.0 Å². The molecule has 1 aliphatic carbocycles. The van der Waals surface area contributed by atoms with Crippen molar-refractivity contribution < 1.29 is 0 Å². The summed E-state index contributed by atoms with van der Waals surface area (Å²) in [5, 5.41) is 0. The van der Waals surface area contributed by atoms with E-state index < -0.39 is 0 Å². The molecule has 0 aromatic heterocycles. The van der Waals surface area contributed by atoms with Crippen LogP contribution in [0.1, 0.15) is 25.7 Å². The van der Waals surface area contributed by atoms with Gasteiger partial charge in [0.2, 0.25) is 0 Å². The van der Waals surface area contributed by atoms with E-state index in [9.17, 15) is 0 Å². The molecule has 0 radical (unpaired) electrons. The summed E-state index contributed by atoms with van der Waals surface area (Å²) in [6.45, 7) is 0. The summed E-state index contributed by atoms with van der Waals surface area (Å²) in [6.07, 6.45) is 8.44. The minimum absolute atomic E-state index is 0.704. The fourth-order valence-corrected chi connectivity index (χ4v) is 3.10. The van der Waals surface area contributed by atoms with Crippen LogP contribution in [0.3, 0.4) is 0 Å². The fraction of sp³-hybridized carbons (Fsp3) is 1.00. The highest BCUT2D eigenvalue weighted by molar-refractivity contribution is 7.17. The third-order valence-corrected chi connectivity index (χ3v) is 4.26. The minimum atomic E-state index is 0.704. The van der Waals surface area contributed by atoms with Crippen LogP contribution < -0.4 is 0 Å².